The number of hydrogen-bond donors (Lipinski definition) is 3. The molecule has 1 aromatic rings. The van der Waals surface area contributed by atoms with E-state index < -0.39 is 4.92 Å². The highest BCUT2D eigenvalue weighted by Crippen LogP contribution is 2.22. The first-order valence-corrected chi connectivity index (χ1v) is 7.01. The fourth-order valence-electron chi connectivity index (χ4n) is 1.67. The molecule has 4 N–H and O–H groups in total. The van der Waals surface area contributed by atoms with Crippen LogP contribution in [0.25, 0.3) is 0 Å². The number of benzene rings is 1. The van der Waals surface area contributed by atoms with Crippen LogP contribution >= 0.6 is 24.0 Å². The number of halogens is 1. The highest BCUT2D eigenvalue weighted by atomic mass is 127. The Morgan fingerprint density at radius 1 is 1.36 bits per heavy atom. The Hall–Kier alpha value is -1.58. The summed E-state index contributed by atoms with van der Waals surface area (Å²) in [5.74, 6) is 1.00. The van der Waals surface area contributed by atoms with Gasteiger partial charge in [0.1, 0.15) is 5.69 Å². The summed E-state index contributed by atoms with van der Waals surface area (Å²) in [6.45, 7) is 6.04. The van der Waals surface area contributed by atoms with Crippen LogP contribution in [0.4, 0.5) is 11.4 Å². The maximum atomic E-state index is 10.8. The van der Waals surface area contributed by atoms with Crippen LogP contribution in [0.3, 0.4) is 0 Å². The lowest BCUT2D eigenvalue weighted by molar-refractivity contribution is -0.384. The van der Waals surface area contributed by atoms with E-state index in [9.17, 15) is 10.1 Å². The molecule has 0 bridgehead atoms. The molecule has 1 rings (SSSR count). The maximum Gasteiger partial charge on any atom is 0.292 e. The highest BCUT2D eigenvalue weighted by molar-refractivity contribution is 14.0. The van der Waals surface area contributed by atoms with Gasteiger partial charge in [0, 0.05) is 25.7 Å². The number of nitro benzene ring substituents is 1. The van der Waals surface area contributed by atoms with Gasteiger partial charge in [0.25, 0.3) is 5.69 Å². The van der Waals surface area contributed by atoms with Gasteiger partial charge in [-0.3, -0.25) is 15.1 Å². The highest BCUT2D eigenvalue weighted by Gasteiger charge is 2.10. The van der Waals surface area contributed by atoms with E-state index in [-0.39, 0.29) is 29.7 Å². The molecule has 0 aliphatic rings. The van der Waals surface area contributed by atoms with Gasteiger partial charge < -0.3 is 16.4 Å². The molecule has 0 radical (unpaired) electrons. The Labute approximate surface area is 147 Å². The maximum absolute atomic E-state index is 10.8. The zero-order valence-electron chi connectivity index (χ0n) is 12.9. The average molecular weight is 421 g/mol. The average Bonchev–Trinajstić information content (AvgIpc) is 2.43. The molecule has 1 aromatic carbocycles. The standard InChI is InChI=1S/C14H23N5O2.HI/c1-11(2)7-8-17-14(15)18-10-9-16-12-5-3-4-6-13(12)19(20)21;/h3-6,11,16H,7-10H2,1-2H3,(H3,15,17,18);1H. The molecule has 0 heterocycles. The van der Waals surface area contributed by atoms with Gasteiger partial charge in [-0.05, 0) is 18.4 Å². The van der Waals surface area contributed by atoms with Crippen LogP contribution in [0, 0.1) is 16.0 Å². The number of guanidine groups is 1. The molecule has 0 spiro atoms. The number of anilines is 1. The molecular weight excluding hydrogens is 397 g/mol. The molecular formula is C14H24IN5O2. The van der Waals surface area contributed by atoms with Crippen molar-refractivity contribution in [1.82, 2.24) is 5.32 Å². The third-order valence-corrected chi connectivity index (χ3v) is 2.84. The fraction of sp³-hybridized carbons (Fsp3) is 0.500. The van der Waals surface area contributed by atoms with Gasteiger partial charge in [-0.2, -0.15) is 0 Å². The first-order chi connectivity index (χ1) is 10.0. The van der Waals surface area contributed by atoms with E-state index in [1.807, 2.05) is 0 Å². The molecule has 0 saturated carbocycles. The second-order valence-electron chi connectivity index (χ2n) is 5.08. The quantitative estimate of drug-likeness (QED) is 0.149. The van der Waals surface area contributed by atoms with Crippen molar-refractivity contribution in [3.05, 3.63) is 34.4 Å². The molecule has 7 nitrogen and oxygen atoms in total. The fourth-order valence-corrected chi connectivity index (χ4v) is 1.67. The molecule has 0 aliphatic heterocycles. The topological polar surface area (TPSA) is 106 Å². The Balaban J connectivity index is 0.00000441. The predicted molar refractivity (Wildman–Crippen MR) is 101 cm³/mol. The minimum atomic E-state index is -0.405. The van der Waals surface area contributed by atoms with Crippen LogP contribution in [0.2, 0.25) is 0 Å². The lowest BCUT2D eigenvalue weighted by atomic mass is 10.1. The van der Waals surface area contributed by atoms with Crippen molar-refractivity contribution >= 4 is 41.3 Å². The van der Waals surface area contributed by atoms with Crippen molar-refractivity contribution in [2.75, 3.05) is 25.0 Å². The minimum Gasteiger partial charge on any atom is -0.378 e. The molecule has 0 amide bonds. The first kappa shape index (κ1) is 20.4. The van der Waals surface area contributed by atoms with Crippen LogP contribution in [0.5, 0.6) is 0 Å². The van der Waals surface area contributed by atoms with E-state index in [0.29, 0.717) is 37.2 Å². The smallest absolute Gasteiger partial charge is 0.292 e. The van der Waals surface area contributed by atoms with E-state index in [1.54, 1.807) is 18.2 Å². The molecule has 22 heavy (non-hydrogen) atoms. The number of nitro groups is 1. The third kappa shape index (κ3) is 8.01. The Bertz CT molecular complexity index is 494. The molecule has 0 aliphatic carbocycles. The van der Waals surface area contributed by atoms with Gasteiger partial charge >= 0.3 is 0 Å². The minimum absolute atomic E-state index is 0. The van der Waals surface area contributed by atoms with Crippen molar-refractivity contribution in [3.63, 3.8) is 0 Å². The largest absolute Gasteiger partial charge is 0.378 e. The van der Waals surface area contributed by atoms with Gasteiger partial charge in [-0.25, -0.2) is 0 Å². The molecule has 0 fully saturated rings. The van der Waals surface area contributed by atoms with Crippen molar-refractivity contribution in [1.29, 1.82) is 0 Å². The SMILES string of the molecule is CC(C)CCN=C(N)NCCNc1ccccc1[N+](=O)[O-].I. The van der Waals surface area contributed by atoms with Crippen LogP contribution in [-0.2, 0) is 0 Å². The van der Waals surface area contributed by atoms with Crippen LogP contribution in [0.1, 0.15) is 20.3 Å². The number of nitrogens with zero attached hydrogens (tertiary/aromatic N) is 2. The van der Waals surface area contributed by atoms with Gasteiger partial charge in [0.2, 0.25) is 0 Å². The normalized spacial score (nSPS) is 11.0. The molecule has 0 unspecified atom stereocenters. The van der Waals surface area contributed by atoms with E-state index in [4.69, 9.17) is 5.73 Å². The Kier molecular flexibility index (Phi) is 10.3. The number of rotatable bonds is 8. The lowest BCUT2D eigenvalue weighted by Gasteiger charge is -2.09. The summed E-state index contributed by atoms with van der Waals surface area (Å²) in [7, 11) is 0. The molecule has 0 saturated heterocycles. The first-order valence-electron chi connectivity index (χ1n) is 7.01. The van der Waals surface area contributed by atoms with Gasteiger partial charge in [0.05, 0.1) is 4.92 Å². The Morgan fingerprint density at radius 3 is 2.68 bits per heavy atom. The third-order valence-electron chi connectivity index (χ3n) is 2.84. The lowest BCUT2D eigenvalue weighted by Crippen LogP contribution is -2.35. The number of para-hydroxylation sites is 2. The monoisotopic (exact) mass is 421 g/mol. The van der Waals surface area contributed by atoms with E-state index in [0.717, 1.165) is 6.42 Å². The summed E-state index contributed by atoms with van der Waals surface area (Å²) < 4.78 is 0. The molecule has 124 valence electrons. The summed E-state index contributed by atoms with van der Waals surface area (Å²) in [5, 5.41) is 16.8. The summed E-state index contributed by atoms with van der Waals surface area (Å²) in [6.07, 6.45) is 0.997. The van der Waals surface area contributed by atoms with Gasteiger partial charge in [-0.1, -0.05) is 26.0 Å². The van der Waals surface area contributed by atoms with Crippen LogP contribution in [0.15, 0.2) is 29.3 Å². The number of nitrogens with one attached hydrogen (secondary N) is 2. The summed E-state index contributed by atoms with van der Waals surface area (Å²) >= 11 is 0. The summed E-state index contributed by atoms with van der Waals surface area (Å²) in [5.41, 5.74) is 6.29. The van der Waals surface area contributed by atoms with Crippen LogP contribution < -0.4 is 16.4 Å². The summed E-state index contributed by atoms with van der Waals surface area (Å²) in [4.78, 5) is 14.6. The van der Waals surface area contributed by atoms with Crippen molar-refractivity contribution in [3.8, 4) is 0 Å². The summed E-state index contributed by atoms with van der Waals surface area (Å²) in [6, 6.07) is 6.54. The molecule has 0 aromatic heterocycles. The molecule has 8 heteroatoms. The van der Waals surface area contributed by atoms with Crippen molar-refractivity contribution < 1.29 is 4.92 Å². The van der Waals surface area contributed by atoms with Gasteiger partial charge in [0.15, 0.2) is 5.96 Å². The second-order valence-corrected chi connectivity index (χ2v) is 5.08. The van der Waals surface area contributed by atoms with Crippen molar-refractivity contribution in [2.24, 2.45) is 16.6 Å². The zero-order valence-corrected chi connectivity index (χ0v) is 15.2. The second kappa shape index (κ2) is 11.0. The van der Waals surface area contributed by atoms with Gasteiger partial charge in [-0.15, -0.1) is 24.0 Å². The number of aliphatic imine (C=N–C) groups is 1. The zero-order chi connectivity index (χ0) is 15.7. The van der Waals surface area contributed by atoms with Crippen LogP contribution in [-0.4, -0.2) is 30.5 Å². The molecule has 0 atom stereocenters. The van der Waals surface area contributed by atoms with E-state index >= 15 is 0 Å². The predicted octanol–water partition coefficient (Wildman–Crippen LogP) is 2.58. The van der Waals surface area contributed by atoms with E-state index in [2.05, 4.69) is 29.5 Å². The Morgan fingerprint density at radius 2 is 2.05 bits per heavy atom. The number of nitrogens with two attached hydrogens (primary N) is 1. The number of hydrogen-bond acceptors (Lipinski definition) is 4. The van der Waals surface area contributed by atoms with Crippen molar-refractivity contribution in [2.45, 2.75) is 20.3 Å². The van der Waals surface area contributed by atoms with E-state index in [1.165, 1.54) is 6.07 Å².